The first kappa shape index (κ1) is 18.5. The summed E-state index contributed by atoms with van der Waals surface area (Å²) < 4.78 is 27.6. The number of carbonyl (C=O) groups excluding carboxylic acids is 1. The number of carbonyl (C=O) groups is 1. The Bertz CT molecular complexity index is 858. The molecule has 0 saturated heterocycles. The highest BCUT2D eigenvalue weighted by atomic mass is 32.2. The quantitative estimate of drug-likeness (QED) is 0.698. The van der Waals surface area contributed by atoms with Crippen LogP contribution in [0.1, 0.15) is 32.6 Å². The van der Waals surface area contributed by atoms with Crippen LogP contribution in [0.25, 0.3) is 10.2 Å². The second-order valence-corrected chi connectivity index (χ2v) is 10.3. The molecule has 25 heavy (non-hydrogen) atoms. The van der Waals surface area contributed by atoms with Crippen LogP contribution in [-0.2, 0) is 14.8 Å². The van der Waals surface area contributed by atoms with Gasteiger partial charge in [0, 0.05) is 6.04 Å². The smallest absolute Gasteiger partial charge is 0.232 e. The van der Waals surface area contributed by atoms with Gasteiger partial charge in [-0.25, -0.2) is 13.4 Å². The van der Waals surface area contributed by atoms with Crippen molar-refractivity contribution in [2.75, 3.05) is 16.2 Å². The summed E-state index contributed by atoms with van der Waals surface area (Å²) in [6.45, 7) is 1.60. The Morgan fingerprint density at radius 1 is 1.36 bits per heavy atom. The van der Waals surface area contributed by atoms with Crippen LogP contribution in [0.3, 0.4) is 0 Å². The largest absolute Gasteiger partial charge is 0.353 e. The maximum Gasteiger partial charge on any atom is 0.232 e. The Morgan fingerprint density at radius 3 is 2.84 bits per heavy atom. The van der Waals surface area contributed by atoms with Gasteiger partial charge in [0.1, 0.15) is 0 Å². The van der Waals surface area contributed by atoms with Gasteiger partial charge in [-0.3, -0.25) is 9.52 Å². The number of thiazole rings is 1. The fourth-order valence-electron chi connectivity index (χ4n) is 2.75. The number of amides is 1. The van der Waals surface area contributed by atoms with Crippen molar-refractivity contribution in [1.29, 1.82) is 0 Å². The summed E-state index contributed by atoms with van der Waals surface area (Å²) in [5.74, 6) is 0.434. The zero-order valence-corrected chi connectivity index (χ0v) is 16.4. The van der Waals surface area contributed by atoms with E-state index in [1.54, 1.807) is 25.1 Å². The van der Waals surface area contributed by atoms with Gasteiger partial charge in [0.25, 0.3) is 0 Å². The highest BCUT2D eigenvalue weighted by Crippen LogP contribution is 2.31. The lowest BCUT2D eigenvalue weighted by molar-refractivity contribution is -0.119. The topological polar surface area (TPSA) is 88.2 Å². The number of hydrogen-bond acceptors (Lipinski definition) is 6. The van der Waals surface area contributed by atoms with E-state index in [0.717, 1.165) is 27.4 Å². The van der Waals surface area contributed by atoms with Crippen molar-refractivity contribution in [2.24, 2.45) is 0 Å². The summed E-state index contributed by atoms with van der Waals surface area (Å²) >= 11 is 2.88. The Morgan fingerprint density at radius 2 is 2.12 bits per heavy atom. The molecular weight excluding hydrogens is 378 g/mol. The van der Waals surface area contributed by atoms with Gasteiger partial charge in [0.2, 0.25) is 15.9 Å². The van der Waals surface area contributed by atoms with Gasteiger partial charge in [0.05, 0.1) is 27.4 Å². The summed E-state index contributed by atoms with van der Waals surface area (Å²) in [4.78, 5) is 16.5. The predicted molar refractivity (Wildman–Crippen MR) is 104 cm³/mol. The minimum absolute atomic E-state index is 0.0327. The molecule has 0 radical (unpaired) electrons. The lowest BCUT2D eigenvalue weighted by Gasteiger charge is -2.10. The molecule has 0 atom stereocenters. The highest BCUT2D eigenvalue weighted by molar-refractivity contribution is 8.01. The number of nitrogens with zero attached hydrogens (tertiary/aromatic N) is 1. The average molecular weight is 400 g/mol. The van der Waals surface area contributed by atoms with Crippen molar-refractivity contribution in [1.82, 2.24) is 10.3 Å². The summed E-state index contributed by atoms with van der Waals surface area (Å²) in [5.41, 5.74) is 1.34. The number of anilines is 1. The van der Waals surface area contributed by atoms with E-state index < -0.39 is 10.0 Å². The van der Waals surface area contributed by atoms with Crippen molar-refractivity contribution >= 4 is 54.9 Å². The SMILES string of the molecule is CCS(=O)(=O)Nc1ccc2nc(SCC(=O)NC3CCCC3)sc2c1. The summed E-state index contributed by atoms with van der Waals surface area (Å²) in [5, 5.41) is 3.06. The molecule has 1 amide bonds. The molecule has 1 aliphatic carbocycles. The summed E-state index contributed by atoms with van der Waals surface area (Å²) in [6, 6.07) is 5.61. The molecule has 0 spiro atoms. The van der Waals surface area contributed by atoms with Crippen molar-refractivity contribution in [3.8, 4) is 0 Å². The van der Waals surface area contributed by atoms with Crippen LogP contribution in [0.2, 0.25) is 0 Å². The molecule has 3 rings (SSSR count). The first-order chi connectivity index (χ1) is 11.9. The minimum atomic E-state index is -3.29. The molecule has 1 fully saturated rings. The van der Waals surface area contributed by atoms with Crippen LogP contribution >= 0.6 is 23.1 Å². The summed E-state index contributed by atoms with van der Waals surface area (Å²) in [7, 11) is -3.29. The number of aromatic nitrogens is 1. The van der Waals surface area contributed by atoms with Crippen molar-refractivity contribution in [3.63, 3.8) is 0 Å². The molecule has 0 bridgehead atoms. The lowest BCUT2D eigenvalue weighted by Crippen LogP contribution is -2.33. The van der Waals surface area contributed by atoms with E-state index in [4.69, 9.17) is 0 Å². The van der Waals surface area contributed by atoms with E-state index in [0.29, 0.717) is 17.5 Å². The zero-order chi connectivity index (χ0) is 17.9. The molecule has 1 aliphatic rings. The highest BCUT2D eigenvalue weighted by Gasteiger charge is 2.17. The van der Waals surface area contributed by atoms with Gasteiger partial charge >= 0.3 is 0 Å². The van der Waals surface area contributed by atoms with Crippen LogP contribution in [-0.4, -0.2) is 36.9 Å². The van der Waals surface area contributed by atoms with Gasteiger partial charge in [0.15, 0.2) is 4.34 Å². The predicted octanol–water partition coefficient (Wildman–Crippen LogP) is 3.21. The molecule has 2 N–H and O–H groups in total. The van der Waals surface area contributed by atoms with E-state index in [9.17, 15) is 13.2 Å². The zero-order valence-electron chi connectivity index (χ0n) is 13.9. The average Bonchev–Trinajstić information content (AvgIpc) is 3.21. The van der Waals surface area contributed by atoms with Crippen molar-refractivity contribution in [2.45, 2.75) is 43.0 Å². The first-order valence-corrected chi connectivity index (χ1v) is 11.7. The van der Waals surface area contributed by atoms with E-state index in [1.807, 2.05) is 0 Å². The standard InChI is InChI=1S/C16H21N3O3S3/c1-2-25(21,22)19-12-7-8-13-14(9-12)24-16(18-13)23-10-15(20)17-11-5-3-4-6-11/h7-9,11,19H,2-6,10H2,1H3,(H,17,20). The fourth-order valence-corrected chi connectivity index (χ4v) is 5.30. The molecule has 2 aromatic rings. The Hall–Kier alpha value is -1.32. The van der Waals surface area contributed by atoms with Crippen molar-refractivity contribution < 1.29 is 13.2 Å². The van der Waals surface area contributed by atoms with Gasteiger partial charge in [-0.15, -0.1) is 11.3 Å². The van der Waals surface area contributed by atoms with Gasteiger partial charge in [-0.1, -0.05) is 24.6 Å². The summed E-state index contributed by atoms with van der Waals surface area (Å²) in [6.07, 6.45) is 4.54. The Labute approximate surface area is 155 Å². The van der Waals surface area contributed by atoms with E-state index in [2.05, 4.69) is 15.0 Å². The van der Waals surface area contributed by atoms with E-state index >= 15 is 0 Å². The van der Waals surface area contributed by atoms with Gasteiger partial charge in [-0.05, 0) is 38.0 Å². The second kappa shape index (κ2) is 7.92. The van der Waals surface area contributed by atoms with E-state index in [1.165, 1.54) is 35.9 Å². The molecule has 136 valence electrons. The van der Waals surface area contributed by atoms with Crippen LogP contribution < -0.4 is 10.0 Å². The van der Waals surface area contributed by atoms with Crippen molar-refractivity contribution in [3.05, 3.63) is 18.2 Å². The normalized spacial score (nSPS) is 15.6. The van der Waals surface area contributed by atoms with E-state index in [-0.39, 0.29) is 11.7 Å². The molecule has 0 unspecified atom stereocenters. The number of benzene rings is 1. The molecule has 1 saturated carbocycles. The Balaban J connectivity index is 1.61. The molecule has 1 aromatic heterocycles. The third-order valence-electron chi connectivity index (χ3n) is 4.07. The maximum absolute atomic E-state index is 12.0. The van der Waals surface area contributed by atoms with Gasteiger partial charge in [-0.2, -0.15) is 0 Å². The number of rotatable bonds is 7. The first-order valence-electron chi connectivity index (χ1n) is 8.28. The number of thioether (sulfide) groups is 1. The number of hydrogen-bond donors (Lipinski definition) is 2. The molecule has 1 aromatic carbocycles. The number of nitrogens with one attached hydrogen (secondary N) is 2. The number of sulfonamides is 1. The lowest BCUT2D eigenvalue weighted by atomic mass is 10.2. The molecular formula is C16H21N3O3S3. The number of fused-ring (bicyclic) bond motifs is 1. The van der Waals surface area contributed by atoms with Crippen LogP contribution in [0, 0.1) is 0 Å². The monoisotopic (exact) mass is 399 g/mol. The minimum Gasteiger partial charge on any atom is -0.353 e. The second-order valence-electron chi connectivity index (χ2n) is 6.01. The van der Waals surface area contributed by atoms with Crippen LogP contribution in [0.5, 0.6) is 0 Å². The third kappa shape index (κ3) is 5.08. The molecule has 6 nitrogen and oxygen atoms in total. The maximum atomic E-state index is 12.0. The third-order valence-corrected chi connectivity index (χ3v) is 7.54. The molecule has 9 heteroatoms. The van der Waals surface area contributed by atoms with Crippen LogP contribution in [0.15, 0.2) is 22.5 Å². The van der Waals surface area contributed by atoms with Crippen LogP contribution in [0.4, 0.5) is 5.69 Å². The molecule has 0 aliphatic heterocycles. The van der Waals surface area contributed by atoms with Gasteiger partial charge < -0.3 is 5.32 Å². The fraction of sp³-hybridized carbons (Fsp3) is 0.500. The molecule has 1 heterocycles. The Kier molecular flexibility index (Phi) is 5.85.